The van der Waals surface area contributed by atoms with Crippen molar-refractivity contribution in [2.24, 2.45) is 0 Å². The molecule has 136 valence electrons. The highest BCUT2D eigenvalue weighted by Gasteiger charge is 2.13. The van der Waals surface area contributed by atoms with Crippen molar-refractivity contribution in [1.29, 1.82) is 0 Å². The van der Waals surface area contributed by atoms with Crippen molar-refractivity contribution in [2.75, 3.05) is 12.4 Å². The van der Waals surface area contributed by atoms with Crippen molar-refractivity contribution in [1.82, 2.24) is 9.97 Å². The zero-order valence-electron chi connectivity index (χ0n) is 14.3. The van der Waals surface area contributed by atoms with Crippen molar-refractivity contribution in [3.05, 3.63) is 65.9 Å². The fourth-order valence-electron chi connectivity index (χ4n) is 3.11. The standard InChI is InChI=1S/C20H15F2N3O2/c1-27-14-2-3-15-16-4-5-23-20(19(16)24-17(15)10-14)25-18(26)8-11-6-12(21)9-13(22)7-11/h2-7,9-10,24H,8H2,1H3,(H,23,25,26). The Hall–Kier alpha value is -3.48. The molecule has 27 heavy (non-hydrogen) atoms. The maximum atomic E-state index is 13.3. The van der Waals surface area contributed by atoms with Gasteiger partial charge in [-0.05, 0) is 35.9 Å². The third-order valence-corrected chi connectivity index (χ3v) is 4.27. The molecule has 0 aliphatic carbocycles. The number of nitrogens with one attached hydrogen (secondary N) is 2. The lowest BCUT2D eigenvalue weighted by Gasteiger charge is -2.06. The summed E-state index contributed by atoms with van der Waals surface area (Å²) in [5.74, 6) is -0.799. The Morgan fingerprint density at radius 1 is 1.11 bits per heavy atom. The van der Waals surface area contributed by atoms with Crippen LogP contribution in [0.1, 0.15) is 5.56 Å². The summed E-state index contributed by atoms with van der Waals surface area (Å²) in [6, 6.07) is 10.5. The number of aromatic amines is 1. The normalized spacial score (nSPS) is 11.1. The van der Waals surface area contributed by atoms with E-state index in [1.165, 1.54) is 0 Å². The number of nitrogens with zero attached hydrogens (tertiary/aromatic N) is 1. The van der Waals surface area contributed by atoms with Crippen LogP contribution in [0.25, 0.3) is 21.8 Å². The number of hydrogen-bond acceptors (Lipinski definition) is 3. The molecule has 0 aliphatic heterocycles. The molecular weight excluding hydrogens is 352 g/mol. The molecule has 2 aromatic carbocycles. The predicted molar refractivity (Wildman–Crippen MR) is 98.8 cm³/mol. The van der Waals surface area contributed by atoms with Crippen molar-refractivity contribution in [2.45, 2.75) is 6.42 Å². The van der Waals surface area contributed by atoms with E-state index in [1.807, 2.05) is 24.3 Å². The Labute approximate surface area is 153 Å². The highest BCUT2D eigenvalue weighted by molar-refractivity contribution is 6.12. The van der Waals surface area contributed by atoms with E-state index >= 15 is 0 Å². The van der Waals surface area contributed by atoms with Crippen LogP contribution in [0, 0.1) is 11.6 Å². The number of fused-ring (bicyclic) bond motifs is 3. The van der Waals surface area contributed by atoms with Crippen LogP contribution in [0.4, 0.5) is 14.6 Å². The Bertz CT molecular complexity index is 1150. The molecule has 0 saturated heterocycles. The average molecular weight is 367 g/mol. The van der Waals surface area contributed by atoms with E-state index in [-0.39, 0.29) is 12.0 Å². The maximum absolute atomic E-state index is 13.3. The second-order valence-electron chi connectivity index (χ2n) is 6.12. The average Bonchev–Trinajstić information content (AvgIpc) is 2.99. The first-order valence-corrected chi connectivity index (χ1v) is 8.23. The number of ether oxygens (including phenoxy) is 1. The number of pyridine rings is 1. The van der Waals surface area contributed by atoms with E-state index in [2.05, 4.69) is 15.3 Å². The largest absolute Gasteiger partial charge is 0.497 e. The number of methoxy groups -OCH3 is 1. The molecule has 0 radical (unpaired) electrons. The third kappa shape index (κ3) is 3.31. The van der Waals surface area contributed by atoms with Gasteiger partial charge in [-0.15, -0.1) is 0 Å². The van der Waals surface area contributed by atoms with E-state index in [4.69, 9.17) is 4.74 Å². The molecule has 0 atom stereocenters. The highest BCUT2D eigenvalue weighted by Crippen LogP contribution is 2.31. The fraction of sp³-hybridized carbons (Fsp3) is 0.100. The predicted octanol–water partition coefficient (Wildman–Crippen LogP) is 4.18. The molecule has 0 fully saturated rings. The Morgan fingerprint density at radius 2 is 1.89 bits per heavy atom. The SMILES string of the molecule is COc1ccc2c(c1)[nH]c1c(NC(=O)Cc3cc(F)cc(F)c3)nccc12. The van der Waals surface area contributed by atoms with Crippen molar-refractivity contribution in [3.63, 3.8) is 0 Å². The van der Waals surface area contributed by atoms with Gasteiger partial charge in [-0.2, -0.15) is 0 Å². The summed E-state index contributed by atoms with van der Waals surface area (Å²) in [6.07, 6.45) is 1.43. The van der Waals surface area contributed by atoms with Gasteiger partial charge in [0.1, 0.15) is 17.4 Å². The van der Waals surface area contributed by atoms with Crippen molar-refractivity contribution < 1.29 is 18.3 Å². The van der Waals surface area contributed by atoms with Gasteiger partial charge < -0.3 is 15.0 Å². The van der Waals surface area contributed by atoms with Gasteiger partial charge in [-0.1, -0.05) is 0 Å². The maximum Gasteiger partial charge on any atom is 0.230 e. The molecule has 2 aromatic heterocycles. The van der Waals surface area contributed by atoms with Gasteiger partial charge in [0.25, 0.3) is 0 Å². The zero-order valence-corrected chi connectivity index (χ0v) is 14.3. The monoisotopic (exact) mass is 367 g/mol. The lowest BCUT2D eigenvalue weighted by atomic mass is 10.1. The van der Waals surface area contributed by atoms with Crippen LogP contribution in [-0.4, -0.2) is 23.0 Å². The smallest absolute Gasteiger partial charge is 0.230 e. The van der Waals surface area contributed by atoms with Gasteiger partial charge in [-0.25, -0.2) is 13.8 Å². The summed E-state index contributed by atoms with van der Waals surface area (Å²) in [4.78, 5) is 19.8. The van der Waals surface area contributed by atoms with E-state index in [9.17, 15) is 13.6 Å². The number of benzene rings is 2. The lowest BCUT2D eigenvalue weighted by molar-refractivity contribution is -0.115. The first-order chi connectivity index (χ1) is 13.0. The Morgan fingerprint density at radius 3 is 2.63 bits per heavy atom. The summed E-state index contributed by atoms with van der Waals surface area (Å²) in [7, 11) is 1.59. The summed E-state index contributed by atoms with van der Waals surface area (Å²) in [5, 5.41) is 4.57. The quantitative estimate of drug-likeness (QED) is 0.569. The number of hydrogen-bond donors (Lipinski definition) is 2. The number of H-pyrrole nitrogens is 1. The molecule has 1 amide bonds. The van der Waals surface area contributed by atoms with Crippen LogP contribution in [-0.2, 0) is 11.2 Å². The highest BCUT2D eigenvalue weighted by atomic mass is 19.1. The number of halogens is 2. The number of carbonyl (C=O) groups is 1. The lowest BCUT2D eigenvalue weighted by Crippen LogP contribution is -2.15. The molecule has 4 aromatic rings. The number of rotatable bonds is 4. The summed E-state index contributed by atoms with van der Waals surface area (Å²) in [6.45, 7) is 0. The fourth-order valence-corrected chi connectivity index (χ4v) is 3.11. The molecule has 2 N–H and O–H groups in total. The van der Waals surface area contributed by atoms with E-state index in [1.54, 1.807) is 13.3 Å². The van der Waals surface area contributed by atoms with Crippen LogP contribution in [0.2, 0.25) is 0 Å². The molecular formula is C20H15F2N3O2. The number of amides is 1. The number of carbonyl (C=O) groups excluding carboxylic acids is 1. The molecule has 0 spiro atoms. The van der Waals surface area contributed by atoms with Gasteiger partial charge in [0.15, 0.2) is 5.82 Å². The Balaban J connectivity index is 1.66. The number of anilines is 1. The summed E-state index contributed by atoms with van der Waals surface area (Å²) >= 11 is 0. The number of aromatic nitrogens is 2. The minimum Gasteiger partial charge on any atom is -0.497 e. The van der Waals surface area contributed by atoms with E-state index in [0.717, 1.165) is 34.5 Å². The van der Waals surface area contributed by atoms with Gasteiger partial charge in [0.2, 0.25) is 5.91 Å². The van der Waals surface area contributed by atoms with Gasteiger partial charge >= 0.3 is 0 Å². The van der Waals surface area contributed by atoms with Gasteiger partial charge in [-0.3, -0.25) is 4.79 Å². The van der Waals surface area contributed by atoms with E-state index in [0.29, 0.717) is 17.1 Å². The van der Waals surface area contributed by atoms with Crippen molar-refractivity contribution >= 4 is 33.5 Å². The molecule has 0 bridgehead atoms. The molecule has 5 nitrogen and oxygen atoms in total. The second-order valence-corrected chi connectivity index (χ2v) is 6.12. The summed E-state index contributed by atoms with van der Waals surface area (Å²) in [5.41, 5.74) is 1.76. The van der Waals surface area contributed by atoms with E-state index < -0.39 is 17.5 Å². The molecule has 0 saturated carbocycles. The molecule has 0 aliphatic rings. The first kappa shape index (κ1) is 17.0. The first-order valence-electron chi connectivity index (χ1n) is 8.23. The van der Waals surface area contributed by atoms with Crippen LogP contribution < -0.4 is 10.1 Å². The molecule has 4 rings (SSSR count). The minimum absolute atomic E-state index is 0.166. The minimum atomic E-state index is -0.720. The van der Waals surface area contributed by atoms with Crippen LogP contribution in [0.15, 0.2) is 48.7 Å². The molecule has 0 unspecified atom stereocenters. The van der Waals surface area contributed by atoms with Gasteiger partial charge in [0, 0.05) is 29.1 Å². The van der Waals surface area contributed by atoms with Crippen molar-refractivity contribution in [3.8, 4) is 5.75 Å². The second kappa shape index (κ2) is 6.68. The Kier molecular flexibility index (Phi) is 4.19. The van der Waals surface area contributed by atoms with Gasteiger partial charge in [0.05, 0.1) is 24.6 Å². The molecule has 7 heteroatoms. The third-order valence-electron chi connectivity index (χ3n) is 4.27. The summed E-state index contributed by atoms with van der Waals surface area (Å²) < 4.78 is 31.8. The van der Waals surface area contributed by atoms with Crippen LogP contribution in [0.5, 0.6) is 5.75 Å². The molecule has 2 heterocycles. The van der Waals surface area contributed by atoms with Crippen LogP contribution >= 0.6 is 0 Å². The topological polar surface area (TPSA) is 67.0 Å². The zero-order chi connectivity index (χ0) is 19.0. The van der Waals surface area contributed by atoms with Crippen LogP contribution in [0.3, 0.4) is 0 Å².